The molecule has 0 amide bonds. The van der Waals surface area contributed by atoms with E-state index >= 15 is 0 Å². The molecule has 1 atom stereocenters. The van der Waals surface area contributed by atoms with Crippen LogP contribution in [0.5, 0.6) is 0 Å². The van der Waals surface area contributed by atoms with Gasteiger partial charge in [-0.15, -0.1) is 11.3 Å². The highest BCUT2D eigenvalue weighted by Crippen LogP contribution is 2.36. The highest BCUT2D eigenvalue weighted by Gasteiger charge is 2.36. The molecule has 1 aliphatic heterocycles. The molecule has 20 heavy (non-hydrogen) atoms. The fraction of sp³-hybridized carbons (Fsp3) is 0.733. The third-order valence-corrected chi connectivity index (χ3v) is 5.54. The maximum absolute atomic E-state index is 6.13. The molecule has 0 saturated heterocycles. The van der Waals surface area contributed by atoms with Crippen molar-refractivity contribution in [3.05, 3.63) is 16.1 Å². The number of nitrogens with two attached hydrogens (primary N) is 1. The minimum Gasteiger partial charge on any atom is -0.370 e. The second kappa shape index (κ2) is 5.02. The van der Waals surface area contributed by atoms with Crippen molar-refractivity contribution in [2.45, 2.75) is 64.0 Å². The molecule has 2 aliphatic rings. The van der Waals surface area contributed by atoms with Crippen LogP contribution >= 0.6 is 11.3 Å². The smallest absolute Gasteiger partial charge is 0.192 e. The van der Waals surface area contributed by atoms with Gasteiger partial charge in [0.2, 0.25) is 0 Å². The molecule has 2 heterocycles. The van der Waals surface area contributed by atoms with Crippen molar-refractivity contribution in [2.24, 2.45) is 10.7 Å². The number of hydrogen-bond acceptors (Lipinski definition) is 5. The van der Waals surface area contributed by atoms with Gasteiger partial charge in [-0.3, -0.25) is 4.99 Å². The van der Waals surface area contributed by atoms with E-state index in [0.717, 1.165) is 12.2 Å². The van der Waals surface area contributed by atoms with Crippen LogP contribution in [0.3, 0.4) is 0 Å². The van der Waals surface area contributed by atoms with E-state index in [2.05, 4.69) is 36.0 Å². The van der Waals surface area contributed by atoms with E-state index in [1.165, 1.54) is 30.7 Å². The summed E-state index contributed by atoms with van der Waals surface area (Å²) < 4.78 is 0. The van der Waals surface area contributed by atoms with Crippen LogP contribution in [0, 0.1) is 0 Å². The molecular formula is C15H24N4S. The Morgan fingerprint density at radius 2 is 2.00 bits per heavy atom. The molecule has 3 rings (SSSR count). The maximum atomic E-state index is 6.13. The number of aromatic nitrogens is 1. The lowest BCUT2D eigenvalue weighted by Gasteiger charge is -2.31. The van der Waals surface area contributed by atoms with Crippen LogP contribution in [-0.2, 0) is 5.41 Å². The Hall–Kier alpha value is -1.10. The Labute approximate surface area is 125 Å². The first-order valence-corrected chi connectivity index (χ1v) is 8.39. The molecule has 0 spiro atoms. The number of nitrogens with zero attached hydrogens (tertiary/aromatic N) is 3. The van der Waals surface area contributed by atoms with Crippen molar-refractivity contribution in [1.82, 2.24) is 9.88 Å². The molecule has 1 unspecified atom stereocenters. The zero-order chi connectivity index (χ0) is 14.3. The van der Waals surface area contributed by atoms with Gasteiger partial charge in [-0.1, -0.05) is 33.6 Å². The van der Waals surface area contributed by atoms with Crippen LogP contribution < -0.4 is 5.73 Å². The van der Waals surface area contributed by atoms with Crippen molar-refractivity contribution in [3.8, 4) is 0 Å². The van der Waals surface area contributed by atoms with E-state index in [-0.39, 0.29) is 11.5 Å². The summed E-state index contributed by atoms with van der Waals surface area (Å²) >= 11 is 1.76. The lowest BCUT2D eigenvalue weighted by atomic mass is 9.98. The van der Waals surface area contributed by atoms with Crippen molar-refractivity contribution < 1.29 is 0 Å². The van der Waals surface area contributed by atoms with Gasteiger partial charge in [-0.2, -0.15) is 0 Å². The summed E-state index contributed by atoms with van der Waals surface area (Å²) in [7, 11) is 0. The van der Waals surface area contributed by atoms with Crippen molar-refractivity contribution in [2.75, 3.05) is 6.54 Å². The lowest BCUT2D eigenvalue weighted by molar-refractivity contribution is 0.258. The van der Waals surface area contributed by atoms with Crippen LogP contribution in [0.15, 0.2) is 10.4 Å². The largest absolute Gasteiger partial charge is 0.370 e. The second-order valence-corrected chi connectivity index (χ2v) is 7.75. The first-order valence-electron chi connectivity index (χ1n) is 7.51. The predicted molar refractivity (Wildman–Crippen MR) is 84.1 cm³/mol. The van der Waals surface area contributed by atoms with Crippen LogP contribution in [-0.4, -0.2) is 28.4 Å². The first-order chi connectivity index (χ1) is 9.47. The zero-order valence-corrected chi connectivity index (χ0v) is 13.4. The first kappa shape index (κ1) is 13.9. The van der Waals surface area contributed by atoms with Gasteiger partial charge in [-0.25, -0.2) is 4.98 Å². The Kier molecular flexibility index (Phi) is 3.48. The predicted octanol–water partition coefficient (Wildman–Crippen LogP) is 3.05. The molecule has 1 saturated carbocycles. The summed E-state index contributed by atoms with van der Waals surface area (Å²) in [5.41, 5.74) is 7.40. The Morgan fingerprint density at radius 3 is 2.60 bits per heavy atom. The Morgan fingerprint density at radius 1 is 1.30 bits per heavy atom. The lowest BCUT2D eigenvalue weighted by Crippen LogP contribution is -2.42. The quantitative estimate of drug-likeness (QED) is 0.911. The molecule has 1 aromatic rings. The van der Waals surface area contributed by atoms with Crippen LogP contribution in [0.1, 0.15) is 63.2 Å². The van der Waals surface area contributed by atoms with Gasteiger partial charge in [-0.05, 0) is 12.8 Å². The number of hydrogen-bond donors (Lipinski definition) is 1. The van der Waals surface area contributed by atoms with Crippen LogP contribution in [0.25, 0.3) is 0 Å². The Balaban J connectivity index is 1.84. The standard InChI is InChI=1S/C15H24N4S/c1-15(2,3)13-18-11(9-20-13)12-8-17-14(16)19(12)10-6-4-5-7-10/h9-10,12H,4-8H2,1-3H3,(H2,16,17). The van der Waals surface area contributed by atoms with Gasteiger partial charge in [0.1, 0.15) is 0 Å². The van der Waals surface area contributed by atoms with Gasteiger partial charge in [0.05, 0.1) is 23.3 Å². The van der Waals surface area contributed by atoms with E-state index in [9.17, 15) is 0 Å². The van der Waals surface area contributed by atoms with E-state index in [1.807, 2.05) is 0 Å². The molecule has 110 valence electrons. The van der Waals surface area contributed by atoms with Crippen LogP contribution in [0.2, 0.25) is 0 Å². The minimum absolute atomic E-state index is 0.117. The maximum Gasteiger partial charge on any atom is 0.192 e. The van der Waals surface area contributed by atoms with Gasteiger partial charge >= 0.3 is 0 Å². The van der Waals surface area contributed by atoms with E-state index in [4.69, 9.17) is 10.7 Å². The fourth-order valence-corrected chi connectivity index (χ4v) is 4.11. The number of rotatable bonds is 2. The molecule has 0 bridgehead atoms. The molecular weight excluding hydrogens is 268 g/mol. The fourth-order valence-electron chi connectivity index (χ4n) is 3.15. The van der Waals surface area contributed by atoms with E-state index < -0.39 is 0 Å². The van der Waals surface area contributed by atoms with Crippen molar-refractivity contribution in [3.63, 3.8) is 0 Å². The van der Waals surface area contributed by atoms with Gasteiger partial charge in [0.15, 0.2) is 5.96 Å². The molecule has 5 heteroatoms. The summed E-state index contributed by atoms with van der Waals surface area (Å²) in [5.74, 6) is 0.715. The molecule has 1 fully saturated rings. The normalized spacial score (nSPS) is 24.4. The number of thiazole rings is 1. The second-order valence-electron chi connectivity index (χ2n) is 6.89. The monoisotopic (exact) mass is 292 g/mol. The molecule has 0 aromatic carbocycles. The van der Waals surface area contributed by atoms with Crippen molar-refractivity contribution in [1.29, 1.82) is 0 Å². The molecule has 1 aliphatic carbocycles. The summed E-state index contributed by atoms with van der Waals surface area (Å²) in [6.07, 6.45) is 5.10. The summed E-state index contributed by atoms with van der Waals surface area (Å²) in [4.78, 5) is 11.7. The highest BCUT2D eigenvalue weighted by molar-refractivity contribution is 7.09. The molecule has 2 N–H and O–H groups in total. The molecule has 0 radical (unpaired) electrons. The third kappa shape index (κ3) is 2.43. The third-order valence-electron chi connectivity index (χ3n) is 4.25. The topological polar surface area (TPSA) is 54.5 Å². The highest BCUT2D eigenvalue weighted by atomic mass is 32.1. The van der Waals surface area contributed by atoms with Crippen LogP contribution in [0.4, 0.5) is 0 Å². The average Bonchev–Trinajstić information content (AvgIpc) is 3.05. The molecule has 1 aromatic heterocycles. The molecule has 4 nitrogen and oxygen atoms in total. The SMILES string of the molecule is CC(C)(C)c1nc(C2CN=C(N)N2C2CCCC2)cs1. The van der Waals surface area contributed by atoms with E-state index in [1.54, 1.807) is 11.3 Å². The van der Waals surface area contributed by atoms with Gasteiger partial charge in [0, 0.05) is 16.8 Å². The summed E-state index contributed by atoms with van der Waals surface area (Å²) in [5, 5.41) is 3.39. The van der Waals surface area contributed by atoms with Crippen molar-refractivity contribution >= 4 is 17.3 Å². The van der Waals surface area contributed by atoms with E-state index in [0.29, 0.717) is 12.0 Å². The average molecular weight is 292 g/mol. The number of aliphatic imine (C=N–C) groups is 1. The Bertz CT molecular complexity index is 508. The van der Waals surface area contributed by atoms with Gasteiger partial charge in [0.25, 0.3) is 0 Å². The summed E-state index contributed by atoms with van der Waals surface area (Å²) in [6, 6.07) is 0.816. The number of guanidine groups is 1. The minimum atomic E-state index is 0.117. The van der Waals surface area contributed by atoms with Gasteiger partial charge < -0.3 is 10.6 Å². The summed E-state index contributed by atoms with van der Waals surface area (Å²) in [6.45, 7) is 7.40. The zero-order valence-electron chi connectivity index (χ0n) is 12.6.